The van der Waals surface area contributed by atoms with Gasteiger partial charge in [-0.1, -0.05) is 0 Å². The maximum atomic E-state index is 12.0. The summed E-state index contributed by atoms with van der Waals surface area (Å²) in [5.41, 5.74) is 0. The lowest BCUT2D eigenvalue weighted by Crippen LogP contribution is -2.46. The van der Waals surface area contributed by atoms with Crippen molar-refractivity contribution in [2.75, 3.05) is 12.0 Å². The van der Waals surface area contributed by atoms with Crippen molar-refractivity contribution in [2.45, 2.75) is 25.9 Å². The Bertz CT molecular complexity index is 433. The molecule has 2 amide bonds. The minimum Gasteiger partial charge on any atom is -0.347 e. The number of nitrogens with one attached hydrogen (secondary N) is 2. The van der Waals surface area contributed by atoms with Crippen LogP contribution in [0.25, 0.3) is 0 Å². The van der Waals surface area contributed by atoms with Gasteiger partial charge < -0.3 is 15.2 Å². The van der Waals surface area contributed by atoms with Crippen molar-refractivity contribution in [1.82, 2.24) is 20.2 Å². The first kappa shape index (κ1) is 15.6. The predicted octanol–water partition coefficient (Wildman–Crippen LogP) is 0.294. The van der Waals surface area contributed by atoms with Crippen molar-refractivity contribution in [1.29, 1.82) is 0 Å². The van der Waals surface area contributed by atoms with Crippen molar-refractivity contribution in [2.24, 2.45) is 7.05 Å². The summed E-state index contributed by atoms with van der Waals surface area (Å²) in [5, 5.41) is 5.46. The van der Waals surface area contributed by atoms with E-state index in [1.54, 1.807) is 18.0 Å². The van der Waals surface area contributed by atoms with Crippen molar-refractivity contribution in [3.05, 3.63) is 18.2 Å². The van der Waals surface area contributed by atoms with Crippen LogP contribution < -0.4 is 10.6 Å². The van der Waals surface area contributed by atoms with Crippen LogP contribution in [0.4, 0.5) is 0 Å². The first-order valence-electron chi connectivity index (χ1n) is 6.04. The molecule has 0 aliphatic heterocycles. The summed E-state index contributed by atoms with van der Waals surface area (Å²) in [7, 11) is 1.87. The Hall–Kier alpha value is -1.50. The number of nitrogens with zero attached hydrogens (tertiary/aromatic N) is 2. The van der Waals surface area contributed by atoms with Gasteiger partial charge in [-0.25, -0.2) is 4.98 Å². The average molecular weight is 284 g/mol. The molecular formula is C12H20N4O2S. The van der Waals surface area contributed by atoms with Gasteiger partial charge in [0.2, 0.25) is 11.8 Å². The highest BCUT2D eigenvalue weighted by Crippen LogP contribution is 2.02. The van der Waals surface area contributed by atoms with E-state index in [2.05, 4.69) is 15.6 Å². The van der Waals surface area contributed by atoms with E-state index >= 15 is 0 Å². The van der Waals surface area contributed by atoms with Crippen molar-refractivity contribution < 1.29 is 9.59 Å². The second-order valence-electron chi connectivity index (χ2n) is 4.21. The van der Waals surface area contributed by atoms with E-state index in [4.69, 9.17) is 0 Å². The molecular weight excluding hydrogens is 264 g/mol. The van der Waals surface area contributed by atoms with Gasteiger partial charge >= 0.3 is 0 Å². The first-order valence-corrected chi connectivity index (χ1v) is 7.44. The molecule has 7 heteroatoms. The number of hydrogen-bond donors (Lipinski definition) is 2. The summed E-state index contributed by atoms with van der Waals surface area (Å²) in [4.78, 5) is 27.2. The molecule has 0 bridgehead atoms. The van der Waals surface area contributed by atoms with E-state index in [0.717, 1.165) is 11.6 Å². The summed E-state index contributed by atoms with van der Waals surface area (Å²) in [6, 6.07) is -0.481. The third-order valence-electron chi connectivity index (χ3n) is 2.65. The Kier molecular flexibility index (Phi) is 6.41. The van der Waals surface area contributed by atoms with Crippen LogP contribution in [0.2, 0.25) is 0 Å². The molecule has 0 radical (unpaired) electrons. The quantitative estimate of drug-likeness (QED) is 0.755. The maximum Gasteiger partial charge on any atom is 0.242 e. The van der Waals surface area contributed by atoms with Crippen LogP contribution in [0.5, 0.6) is 0 Å². The second kappa shape index (κ2) is 7.83. The lowest BCUT2D eigenvalue weighted by molar-refractivity contribution is -0.128. The van der Waals surface area contributed by atoms with Crippen molar-refractivity contribution >= 4 is 23.6 Å². The number of aromatic nitrogens is 2. The highest BCUT2D eigenvalue weighted by Gasteiger charge is 2.18. The van der Waals surface area contributed by atoms with Crippen molar-refractivity contribution in [3.8, 4) is 0 Å². The van der Waals surface area contributed by atoms with Crippen LogP contribution in [0.3, 0.4) is 0 Å². The fraction of sp³-hybridized carbons (Fsp3) is 0.583. The second-order valence-corrected chi connectivity index (χ2v) is 5.19. The maximum absolute atomic E-state index is 12.0. The zero-order valence-corrected chi connectivity index (χ0v) is 12.3. The molecule has 0 spiro atoms. The van der Waals surface area contributed by atoms with E-state index in [9.17, 15) is 9.59 Å². The lowest BCUT2D eigenvalue weighted by atomic mass is 10.2. The summed E-state index contributed by atoms with van der Waals surface area (Å²) < 4.78 is 1.84. The number of aryl methyl sites for hydroxylation is 1. The standard InChI is InChI=1S/C12H20N4O2S/c1-9(17)15-10(4-7-19-3)12(18)14-8-11-13-5-6-16(11)2/h5-6,10H,4,7-8H2,1-3H3,(H,14,18)(H,15,17)/t10-/m0/s1. The van der Waals surface area contributed by atoms with E-state index in [0.29, 0.717) is 13.0 Å². The highest BCUT2D eigenvalue weighted by atomic mass is 32.2. The molecule has 0 unspecified atom stereocenters. The number of amides is 2. The Balaban J connectivity index is 2.51. The topological polar surface area (TPSA) is 76.0 Å². The molecule has 1 aromatic heterocycles. The van der Waals surface area contributed by atoms with Gasteiger partial charge in [0.05, 0.1) is 6.54 Å². The molecule has 1 heterocycles. The molecule has 0 saturated carbocycles. The fourth-order valence-electron chi connectivity index (χ4n) is 1.61. The van der Waals surface area contributed by atoms with E-state index in [1.165, 1.54) is 6.92 Å². The van der Waals surface area contributed by atoms with Crippen LogP contribution in [-0.2, 0) is 23.2 Å². The lowest BCUT2D eigenvalue weighted by Gasteiger charge is -2.17. The smallest absolute Gasteiger partial charge is 0.242 e. The molecule has 2 N–H and O–H groups in total. The summed E-state index contributed by atoms with van der Waals surface area (Å²) in [6.45, 7) is 1.77. The van der Waals surface area contributed by atoms with Gasteiger partial charge in [-0.3, -0.25) is 9.59 Å². The number of carbonyl (C=O) groups excluding carboxylic acids is 2. The van der Waals surface area contributed by atoms with Crippen molar-refractivity contribution in [3.63, 3.8) is 0 Å². The molecule has 0 saturated heterocycles. The number of rotatable bonds is 7. The SMILES string of the molecule is CSCC[C@H](NC(C)=O)C(=O)NCc1nccn1C. The highest BCUT2D eigenvalue weighted by molar-refractivity contribution is 7.98. The van der Waals surface area contributed by atoms with Crippen LogP contribution in [-0.4, -0.2) is 39.4 Å². The number of hydrogen-bond acceptors (Lipinski definition) is 4. The largest absolute Gasteiger partial charge is 0.347 e. The molecule has 0 aliphatic rings. The molecule has 0 aromatic carbocycles. The Morgan fingerprint density at radius 3 is 2.79 bits per heavy atom. The molecule has 6 nitrogen and oxygen atoms in total. The van der Waals surface area contributed by atoms with Gasteiger partial charge in [-0.15, -0.1) is 0 Å². The average Bonchev–Trinajstić information content (AvgIpc) is 2.76. The fourth-order valence-corrected chi connectivity index (χ4v) is 2.08. The summed E-state index contributed by atoms with van der Waals surface area (Å²) in [5.74, 6) is 1.23. The van der Waals surface area contributed by atoms with Gasteiger partial charge in [-0.2, -0.15) is 11.8 Å². The third-order valence-corrected chi connectivity index (χ3v) is 3.29. The minimum atomic E-state index is -0.481. The van der Waals surface area contributed by atoms with E-state index in [1.807, 2.05) is 24.1 Å². The summed E-state index contributed by atoms with van der Waals surface area (Å²) in [6.07, 6.45) is 6.09. The minimum absolute atomic E-state index is 0.174. The van der Waals surface area contributed by atoms with Gasteiger partial charge in [0.25, 0.3) is 0 Å². The zero-order chi connectivity index (χ0) is 14.3. The molecule has 0 fully saturated rings. The number of imidazole rings is 1. The number of carbonyl (C=O) groups is 2. The Morgan fingerprint density at radius 2 is 2.26 bits per heavy atom. The van der Waals surface area contributed by atoms with Gasteiger partial charge in [0, 0.05) is 26.4 Å². The molecule has 1 atom stereocenters. The van der Waals surface area contributed by atoms with Crippen LogP contribution in [0, 0.1) is 0 Å². The van der Waals surface area contributed by atoms with E-state index in [-0.39, 0.29) is 11.8 Å². The van der Waals surface area contributed by atoms with Crippen LogP contribution >= 0.6 is 11.8 Å². The normalized spacial score (nSPS) is 11.9. The van der Waals surface area contributed by atoms with Gasteiger partial charge in [0.15, 0.2) is 0 Å². The first-order chi connectivity index (χ1) is 9.04. The van der Waals surface area contributed by atoms with Crippen LogP contribution in [0.1, 0.15) is 19.2 Å². The predicted molar refractivity (Wildman–Crippen MR) is 75.7 cm³/mol. The van der Waals surface area contributed by atoms with Crippen LogP contribution in [0.15, 0.2) is 12.4 Å². The van der Waals surface area contributed by atoms with Gasteiger partial charge in [-0.05, 0) is 18.4 Å². The molecule has 1 rings (SSSR count). The molecule has 19 heavy (non-hydrogen) atoms. The Labute approximate surface area is 117 Å². The molecule has 0 aliphatic carbocycles. The third kappa shape index (κ3) is 5.34. The molecule has 106 valence electrons. The summed E-state index contributed by atoms with van der Waals surface area (Å²) >= 11 is 1.64. The Morgan fingerprint density at radius 1 is 1.53 bits per heavy atom. The zero-order valence-electron chi connectivity index (χ0n) is 11.5. The monoisotopic (exact) mass is 284 g/mol. The molecule has 1 aromatic rings. The van der Waals surface area contributed by atoms with Gasteiger partial charge in [0.1, 0.15) is 11.9 Å². The van der Waals surface area contributed by atoms with E-state index < -0.39 is 6.04 Å². The number of thioether (sulfide) groups is 1.